The highest BCUT2D eigenvalue weighted by atomic mass is 14.8. The Kier molecular flexibility index (Phi) is 9.15. The highest BCUT2D eigenvalue weighted by molar-refractivity contribution is 4.79. The molecule has 0 aliphatic rings. The van der Waals surface area contributed by atoms with Gasteiger partial charge in [-0.1, -0.05) is 13.0 Å². The fourth-order valence-electron chi connectivity index (χ4n) is 1.10. The van der Waals surface area contributed by atoms with Gasteiger partial charge in [-0.05, 0) is 38.6 Å². The second-order valence-corrected chi connectivity index (χ2v) is 3.38. The van der Waals surface area contributed by atoms with Gasteiger partial charge >= 0.3 is 0 Å². The van der Waals surface area contributed by atoms with Crippen molar-refractivity contribution < 1.29 is 0 Å². The van der Waals surface area contributed by atoms with Gasteiger partial charge in [0.15, 0.2) is 0 Å². The van der Waals surface area contributed by atoms with Crippen LogP contribution in [0.2, 0.25) is 0 Å². The molecule has 0 fully saturated rings. The molecule has 0 bridgehead atoms. The van der Waals surface area contributed by atoms with Crippen LogP contribution >= 0.6 is 0 Å². The zero-order valence-electron chi connectivity index (χ0n) is 8.84. The molecular weight excluding hydrogens is 162 g/mol. The Labute approximate surface area is 81.8 Å². The van der Waals surface area contributed by atoms with E-state index in [1.807, 2.05) is 19.3 Å². The normalized spacial score (nSPS) is 13.5. The maximum Gasteiger partial charge on any atom is 0.0143 e. The molecule has 0 rings (SSSR count). The van der Waals surface area contributed by atoms with Gasteiger partial charge in [0.2, 0.25) is 0 Å². The van der Waals surface area contributed by atoms with E-state index in [4.69, 9.17) is 5.73 Å². The fourth-order valence-corrected chi connectivity index (χ4v) is 1.10. The van der Waals surface area contributed by atoms with Crippen LogP contribution in [0, 0.1) is 5.92 Å². The van der Waals surface area contributed by atoms with Crippen LogP contribution in [0.3, 0.4) is 0 Å². The van der Waals surface area contributed by atoms with Crippen molar-refractivity contribution in [3.05, 3.63) is 12.3 Å². The van der Waals surface area contributed by atoms with Crippen molar-refractivity contribution in [2.45, 2.75) is 19.8 Å². The molecule has 0 aliphatic carbocycles. The lowest BCUT2D eigenvalue weighted by molar-refractivity contribution is 0.476. The maximum absolute atomic E-state index is 5.30. The molecule has 0 amide bonds. The van der Waals surface area contributed by atoms with Crippen molar-refractivity contribution >= 4 is 0 Å². The van der Waals surface area contributed by atoms with E-state index in [2.05, 4.69) is 17.6 Å². The lowest BCUT2D eigenvalue weighted by Gasteiger charge is -2.10. The van der Waals surface area contributed by atoms with Crippen LogP contribution in [0.25, 0.3) is 0 Å². The predicted molar refractivity (Wildman–Crippen MR) is 58.5 cm³/mol. The molecule has 78 valence electrons. The van der Waals surface area contributed by atoms with Crippen molar-refractivity contribution in [3.8, 4) is 0 Å². The van der Waals surface area contributed by atoms with Gasteiger partial charge in [0.25, 0.3) is 0 Å². The third-order valence-electron chi connectivity index (χ3n) is 2.04. The molecule has 0 aliphatic heterocycles. The van der Waals surface area contributed by atoms with Crippen LogP contribution < -0.4 is 16.4 Å². The number of nitrogens with two attached hydrogens (primary N) is 1. The lowest BCUT2D eigenvalue weighted by Crippen LogP contribution is -2.15. The van der Waals surface area contributed by atoms with E-state index in [9.17, 15) is 0 Å². The number of nitrogens with one attached hydrogen (secondary N) is 2. The highest BCUT2D eigenvalue weighted by Crippen LogP contribution is 2.04. The molecular formula is C10H23N3. The molecule has 0 radical (unpaired) electrons. The van der Waals surface area contributed by atoms with Crippen LogP contribution in [0.5, 0.6) is 0 Å². The van der Waals surface area contributed by atoms with Crippen LogP contribution in [0.4, 0.5) is 0 Å². The van der Waals surface area contributed by atoms with Gasteiger partial charge < -0.3 is 16.4 Å². The third-order valence-corrected chi connectivity index (χ3v) is 2.04. The SMILES string of the molecule is CNCCC(C)CCN/C=C/CN. The minimum absolute atomic E-state index is 0.613. The van der Waals surface area contributed by atoms with E-state index in [1.54, 1.807) is 0 Å². The molecule has 4 N–H and O–H groups in total. The van der Waals surface area contributed by atoms with E-state index in [0.29, 0.717) is 6.54 Å². The van der Waals surface area contributed by atoms with Crippen LogP contribution in [-0.2, 0) is 0 Å². The highest BCUT2D eigenvalue weighted by Gasteiger charge is 1.98. The Bertz CT molecular complexity index is 123. The smallest absolute Gasteiger partial charge is 0.0143 e. The molecule has 0 aromatic rings. The summed E-state index contributed by atoms with van der Waals surface area (Å²) < 4.78 is 0. The zero-order chi connectivity index (χ0) is 9.94. The largest absolute Gasteiger partial charge is 0.391 e. The molecule has 0 heterocycles. The minimum Gasteiger partial charge on any atom is -0.391 e. The second-order valence-electron chi connectivity index (χ2n) is 3.38. The molecule has 3 nitrogen and oxygen atoms in total. The predicted octanol–water partition coefficient (Wildman–Crippen LogP) is 0.684. The average molecular weight is 185 g/mol. The first-order valence-electron chi connectivity index (χ1n) is 5.04. The monoisotopic (exact) mass is 185 g/mol. The quantitative estimate of drug-likeness (QED) is 0.488. The summed E-state index contributed by atoms with van der Waals surface area (Å²) in [4.78, 5) is 0. The Morgan fingerprint density at radius 2 is 2.00 bits per heavy atom. The van der Waals surface area contributed by atoms with Crippen LogP contribution in [0.1, 0.15) is 19.8 Å². The topological polar surface area (TPSA) is 50.1 Å². The van der Waals surface area contributed by atoms with Crippen molar-refractivity contribution in [2.75, 3.05) is 26.7 Å². The van der Waals surface area contributed by atoms with Crippen molar-refractivity contribution in [1.29, 1.82) is 0 Å². The summed E-state index contributed by atoms with van der Waals surface area (Å²) in [6, 6.07) is 0. The molecule has 0 spiro atoms. The first-order chi connectivity index (χ1) is 6.31. The van der Waals surface area contributed by atoms with Gasteiger partial charge in [0, 0.05) is 13.1 Å². The Morgan fingerprint density at radius 1 is 1.31 bits per heavy atom. The second kappa shape index (κ2) is 9.55. The minimum atomic E-state index is 0.613. The van der Waals surface area contributed by atoms with Gasteiger partial charge in [0.1, 0.15) is 0 Å². The molecule has 13 heavy (non-hydrogen) atoms. The van der Waals surface area contributed by atoms with E-state index >= 15 is 0 Å². The van der Waals surface area contributed by atoms with Crippen molar-refractivity contribution in [3.63, 3.8) is 0 Å². The molecule has 1 atom stereocenters. The molecule has 1 unspecified atom stereocenters. The molecule has 0 aromatic carbocycles. The number of hydrogen-bond donors (Lipinski definition) is 3. The standard InChI is InChI=1S/C10H23N3/c1-10(4-8-12-2)5-9-13-7-3-6-11/h3,7,10,12-13H,4-6,8-9,11H2,1-2H3/b7-3+. The van der Waals surface area contributed by atoms with Crippen molar-refractivity contribution in [2.24, 2.45) is 11.7 Å². The lowest BCUT2D eigenvalue weighted by atomic mass is 10.0. The summed E-state index contributed by atoms with van der Waals surface area (Å²) in [5.74, 6) is 0.784. The number of rotatable bonds is 8. The van der Waals surface area contributed by atoms with E-state index in [-0.39, 0.29) is 0 Å². The summed E-state index contributed by atoms with van der Waals surface area (Å²) in [6.45, 7) is 5.05. The zero-order valence-corrected chi connectivity index (χ0v) is 8.84. The fraction of sp³-hybridized carbons (Fsp3) is 0.800. The number of hydrogen-bond acceptors (Lipinski definition) is 3. The van der Waals surface area contributed by atoms with Gasteiger partial charge in [-0.25, -0.2) is 0 Å². The summed E-state index contributed by atoms with van der Waals surface area (Å²) >= 11 is 0. The van der Waals surface area contributed by atoms with Crippen LogP contribution in [-0.4, -0.2) is 26.7 Å². The van der Waals surface area contributed by atoms with Crippen molar-refractivity contribution in [1.82, 2.24) is 10.6 Å². The first kappa shape index (κ1) is 12.5. The summed E-state index contributed by atoms with van der Waals surface area (Å²) in [6.07, 6.45) is 6.33. The summed E-state index contributed by atoms with van der Waals surface area (Å²) in [5.41, 5.74) is 5.30. The maximum atomic E-state index is 5.30. The van der Waals surface area contributed by atoms with E-state index in [0.717, 1.165) is 19.0 Å². The first-order valence-corrected chi connectivity index (χ1v) is 5.04. The van der Waals surface area contributed by atoms with Gasteiger partial charge in [-0.2, -0.15) is 0 Å². The Morgan fingerprint density at radius 3 is 2.62 bits per heavy atom. The Hall–Kier alpha value is -0.540. The molecule has 0 saturated carbocycles. The van der Waals surface area contributed by atoms with E-state index < -0.39 is 0 Å². The molecule has 3 heteroatoms. The average Bonchev–Trinajstić information content (AvgIpc) is 2.14. The molecule has 0 aromatic heterocycles. The summed E-state index contributed by atoms with van der Waals surface area (Å²) in [5, 5.41) is 6.37. The van der Waals surface area contributed by atoms with Gasteiger partial charge in [-0.15, -0.1) is 0 Å². The summed E-state index contributed by atoms with van der Waals surface area (Å²) in [7, 11) is 1.99. The van der Waals surface area contributed by atoms with Gasteiger partial charge in [0.05, 0.1) is 0 Å². The van der Waals surface area contributed by atoms with E-state index in [1.165, 1.54) is 12.8 Å². The molecule has 0 saturated heterocycles. The Balaban J connectivity index is 3.16. The van der Waals surface area contributed by atoms with Crippen LogP contribution in [0.15, 0.2) is 12.3 Å². The van der Waals surface area contributed by atoms with Gasteiger partial charge in [-0.3, -0.25) is 0 Å². The third kappa shape index (κ3) is 9.37.